The van der Waals surface area contributed by atoms with E-state index in [1.807, 2.05) is 0 Å². The first kappa shape index (κ1) is 12.1. The number of hydrogen-bond donors (Lipinski definition) is 2. The van der Waals surface area contributed by atoms with Crippen LogP contribution in [0.2, 0.25) is 0 Å². The lowest BCUT2D eigenvalue weighted by molar-refractivity contribution is 0.534. The number of H-pyrrole nitrogens is 1. The van der Waals surface area contributed by atoms with Crippen molar-refractivity contribution in [3.63, 3.8) is 0 Å². The molecule has 2 aromatic rings. The lowest BCUT2D eigenvalue weighted by Crippen LogP contribution is -2.36. The summed E-state index contributed by atoms with van der Waals surface area (Å²) in [5, 5.41) is 4.78. The molecule has 0 saturated carbocycles. The zero-order valence-electron chi connectivity index (χ0n) is 11.5. The Kier molecular flexibility index (Phi) is 3.15. The van der Waals surface area contributed by atoms with Crippen molar-refractivity contribution >= 4 is 16.9 Å². The van der Waals surface area contributed by atoms with Gasteiger partial charge in [0.15, 0.2) is 5.96 Å². The highest BCUT2D eigenvalue weighted by Gasteiger charge is 2.11. The van der Waals surface area contributed by atoms with Gasteiger partial charge in [0.1, 0.15) is 0 Å². The van der Waals surface area contributed by atoms with E-state index in [1.54, 1.807) is 0 Å². The predicted octanol–water partition coefficient (Wildman–Crippen LogP) is 1.91. The zero-order chi connectivity index (χ0) is 13.2. The third-order valence-corrected chi connectivity index (χ3v) is 3.73. The molecule has 1 aromatic heterocycles. The van der Waals surface area contributed by atoms with E-state index in [9.17, 15) is 0 Å². The summed E-state index contributed by atoms with van der Waals surface area (Å²) in [5.41, 5.74) is 3.94. The molecule has 4 heteroatoms. The van der Waals surface area contributed by atoms with E-state index in [1.165, 1.54) is 22.0 Å². The number of hydrogen-bond acceptors (Lipinski definition) is 3. The fraction of sp³-hybridized carbons (Fsp3) is 0.400. The van der Waals surface area contributed by atoms with Crippen molar-refractivity contribution in [3.8, 4) is 0 Å². The van der Waals surface area contributed by atoms with Gasteiger partial charge >= 0.3 is 0 Å². The van der Waals surface area contributed by atoms with E-state index in [2.05, 4.69) is 58.6 Å². The van der Waals surface area contributed by atoms with Crippen LogP contribution in [-0.4, -0.2) is 42.5 Å². The number of rotatable bonds is 3. The van der Waals surface area contributed by atoms with Crippen molar-refractivity contribution in [2.75, 3.05) is 26.7 Å². The quantitative estimate of drug-likeness (QED) is 0.881. The summed E-state index contributed by atoms with van der Waals surface area (Å²) >= 11 is 0. The molecule has 0 amide bonds. The number of aliphatic imine (C=N–C) groups is 1. The van der Waals surface area contributed by atoms with Crippen LogP contribution >= 0.6 is 0 Å². The van der Waals surface area contributed by atoms with Crippen LogP contribution in [0.15, 0.2) is 29.4 Å². The molecule has 0 saturated heterocycles. The Labute approximate surface area is 113 Å². The Hall–Kier alpha value is -1.97. The van der Waals surface area contributed by atoms with Gasteiger partial charge in [0.2, 0.25) is 0 Å². The molecule has 0 bridgehead atoms. The minimum absolute atomic E-state index is 0.908. The van der Waals surface area contributed by atoms with E-state index in [0.717, 1.165) is 32.0 Å². The Morgan fingerprint density at radius 2 is 2.32 bits per heavy atom. The molecule has 0 radical (unpaired) electrons. The number of guanidine groups is 1. The summed E-state index contributed by atoms with van der Waals surface area (Å²) in [6.45, 7) is 5.02. The monoisotopic (exact) mass is 256 g/mol. The smallest absolute Gasteiger partial charge is 0.193 e. The van der Waals surface area contributed by atoms with Crippen molar-refractivity contribution < 1.29 is 0 Å². The van der Waals surface area contributed by atoms with Gasteiger partial charge in [-0.05, 0) is 30.5 Å². The number of benzene rings is 1. The molecule has 19 heavy (non-hydrogen) atoms. The van der Waals surface area contributed by atoms with Crippen LogP contribution < -0.4 is 5.32 Å². The molecule has 0 fully saturated rings. The van der Waals surface area contributed by atoms with E-state index >= 15 is 0 Å². The second kappa shape index (κ2) is 4.96. The lowest BCUT2D eigenvalue weighted by atomic mass is 10.1. The maximum Gasteiger partial charge on any atom is 0.193 e. The zero-order valence-corrected chi connectivity index (χ0v) is 11.5. The molecule has 0 spiro atoms. The minimum atomic E-state index is 0.908. The normalized spacial score (nSPS) is 15.1. The van der Waals surface area contributed by atoms with Gasteiger partial charge in [-0.2, -0.15) is 0 Å². The molecule has 1 aromatic carbocycles. The van der Waals surface area contributed by atoms with E-state index in [0.29, 0.717) is 0 Å². The van der Waals surface area contributed by atoms with Gasteiger partial charge in [-0.1, -0.05) is 12.1 Å². The van der Waals surface area contributed by atoms with Crippen molar-refractivity contribution in [3.05, 3.63) is 35.5 Å². The number of aryl methyl sites for hydroxylation is 1. The van der Waals surface area contributed by atoms with Gasteiger partial charge in [-0.3, -0.25) is 4.99 Å². The van der Waals surface area contributed by atoms with Gasteiger partial charge in [0.25, 0.3) is 0 Å². The first-order valence-corrected chi connectivity index (χ1v) is 6.81. The molecule has 1 aliphatic heterocycles. The summed E-state index contributed by atoms with van der Waals surface area (Å²) in [6, 6.07) is 6.40. The molecular weight excluding hydrogens is 236 g/mol. The van der Waals surface area contributed by atoms with E-state index in [4.69, 9.17) is 0 Å². The third-order valence-electron chi connectivity index (χ3n) is 3.73. The number of aromatic amines is 1. The number of aromatic nitrogens is 1. The van der Waals surface area contributed by atoms with Gasteiger partial charge < -0.3 is 15.2 Å². The second-order valence-electron chi connectivity index (χ2n) is 5.12. The average molecular weight is 256 g/mol. The highest BCUT2D eigenvalue weighted by molar-refractivity contribution is 5.86. The first-order chi connectivity index (χ1) is 9.25. The minimum Gasteiger partial charge on any atom is -0.361 e. The number of likely N-dealkylation sites (N-methyl/N-ethyl adjacent to an activating group) is 1. The summed E-state index contributed by atoms with van der Waals surface area (Å²) in [7, 11) is 2.08. The third kappa shape index (κ3) is 2.30. The Morgan fingerprint density at radius 1 is 1.42 bits per heavy atom. The van der Waals surface area contributed by atoms with E-state index in [-0.39, 0.29) is 0 Å². The van der Waals surface area contributed by atoms with Gasteiger partial charge in [-0.25, -0.2) is 0 Å². The standard InChI is InChI=1S/C15H20N4/c1-11-4-3-5-13-14(11)12(10-18-13)6-7-16-15-17-8-9-19(15)2/h3-5,10,18H,6-9H2,1-2H3,(H,16,17). The molecule has 0 unspecified atom stereocenters. The fourth-order valence-corrected chi connectivity index (χ4v) is 2.68. The van der Waals surface area contributed by atoms with Crippen LogP contribution in [0.25, 0.3) is 10.9 Å². The van der Waals surface area contributed by atoms with Crippen LogP contribution in [0.5, 0.6) is 0 Å². The molecule has 2 heterocycles. The molecule has 100 valence electrons. The van der Waals surface area contributed by atoms with E-state index < -0.39 is 0 Å². The van der Waals surface area contributed by atoms with Crippen LogP contribution in [0, 0.1) is 6.92 Å². The number of nitrogens with one attached hydrogen (secondary N) is 2. The lowest BCUT2D eigenvalue weighted by Gasteiger charge is -2.15. The largest absolute Gasteiger partial charge is 0.361 e. The molecule has 0 aliphatic carbocycles. The van der Waals surface area contributed by atoms with Crippen molar-refractivity contribution in [1.82, 2.24) is 15.2 Å². The molecular formula is C15H20N4. The molecule has 0 atom stereocenters. The topological polar surface area (TPSA) is 43.4 Å². The molecule has 2 N–H and O–H groups in total. The van der Waals surface area contributed by atoms with Crippen molar-refractivity contribution in [2.45, 2.75) is 13.3 Å². The summed E-state index contributed by atoms with van der Waals surface area (Å²) in [5.74, 6) is 1.02. The number of fused-ring (bicyclic) bond motifs is 1. The average Bonchev–Trinajstić information content (AvgIpc) is 2.98. The van der Waals surface area contributed by atoms with Crippen molar-refractivity contribution in [2.24, 2.45) is 4.99 Å². The SMILES string of the molecule is Cc1cccc2[nH]cc(CCNC3=NCCN3C)c12. The van der Waals surface area contributed by atoms with Crippen molar-refractivity contribution in [1.29, 1.82) is 0 Å². The Bertz CT molecular complexity index is 612. The summed E-state index contributed by atoms with van der Waals surface area (Å²) < 4.78 is 0. The van der Waals surface area contributed by atoms with Gasteiger partial charge in [-0.15, -0.1) is 0 Å². The first-order valence-electron chi connectivity index (χ1n) is 6.81. The molecule has 3 rings (SSSR count). The van der Waals surface area contributed by atoms with Crippen LogP contribution in [-0.2, 0) is 6.42 Å². The Balaban J connectivity index is 1.69. The maximum atomic E-state index is 4.44. The summed E-state index contributed by atoms with van der Waals surface area (Å²) in [4.78, 5) is 9.95. The maximum absolute atomic E-state index is 4.44. The predicted molar refractivity (Wildman–Crippen MR) is 79.7 cm³/mol. The van der Waals surface area contributed by atoms with Crippen LogP contribution in [0.3, 0.4) is 0 Å². The fourth-order valence-electron chi connectivity index (χ4n) is 2.68. The second-order valence-corrected chi connectivity index (χ2v) is 5.12. The van der Waals surface area contributed by atoms with Crippen LogP contribution in [0.4, 0.5) is 0 Å². The summed E-state index contributed by atoms with van der Waals surface area (Å²) in [6.07, 6.45) is 3.14. The molecule has 4 nitrogen and oxygen atoms in total. The van der Waals surface area contributed by atoms with Crippen LogP contribution in [0.1, 0.15) is 11.1 Å². The van der Waals surface area contributed by atoms with Gasteiger partial charge in [0, 0.05) is 37.2 Å². The number of nitrogens with zero attached hydrogens (tertiary/aromatic N) is 2. The Morgan fingerprint density at radius 3 is 3.11 bits per heavy atom. The van der Waals surface area contributed by atoms with Gasteiger partial charge in [0.05, 0.1) is 6.54 Å². The highest BCUT2D eigenvalue weighted by atomic mass is 15.3. The molecule has 1 aliphatic rings. The highest BCUT2D eigenvalue weighted by Crippen LogP contribution is 2.22.